The smallest absolute Gasteiger partial charge is 0.407 e. The largest absolute Gasteiger partial charge is 0.480 e. The van der Waals surface area contributed by atoms with Crippen LogP contribution in [-0.4, -0.2) is 77.7 Å². The molecule has 2 aromatic rings. The van der Waals surface area contributed by atoms with Gasteiger partial charge in [-0.3, -0.25) is 14.5 Å². The first-order valence-corrected chi connectivity index (χ1v) is 11.8. The van der Waals surface area contributed by atoms with E-state index >= 15 is 0 Å². The van der Waals surface area contributed by atoms with Crippen molar-refractivity contribution < 1.29 is 24.2 Å². The molecule has 4 rings (SSSR count). The fourth-order valence-electron chi connectivity index (χ4n) is 4.83. The van der Waals surface area contributed by atoms with Crippen LogP contribution in [0.25, 0.3) is 11.1 Å². The Bertz CT molecular complexity index is 1020. The highest BCUT2D eigenvalue weighted by atomic mass is 16.5. The van der Waals surface area contributed by atoms with Crippen molar-refractivity contribution in [1.29, 1.82) is 0 Å². The number of hydrogen-bond acceptors (Lipinski definition) is 5. The molecule has 34 heavy (non-hydrogen) atoms. The van der Waals surface area contributed by atoms with Gasteiger partial charge in [0, 0.05) is 32.1 Å². The minimum atomic E-state index is -0.872. The third-order valence-electron chi connectivity index (χ3n) is 6.87. The molecule has 2 atom stereocenters. The number of carboxylic acids is 1. The van der Waals surface area contributed by atoms with E-state index in [2.05, 4.69) is 29.6 Å². The average Bonchev–Trinajstić information content (AvgIpc) is 3.19. The Balaban J connectivity index is 1.33. The van der Waals surface area contributed by atoms with Crippen molar-refractivity contribution >= 4 is 18.0 Å². The molecule has 0 radical (unpaired) electrons. The fourth-order valence-corrected chi connectivity index (χ4v) is 4.83. The number of hydrogen-bond donors (Lipinski definition) is 2. The maximum absolute atomic E-state index is 13.0. The average molecular weight is 466 g/mol. The Morgan fingerprint density at radius 1 is 1.00 bits per heavy atom. The van der Waals surface area contributed by atoms with E-state index in [-0.39, 0.29) is 18.4 Å². The number of fused-ring (bicyclic) bond motifs is 3. The quantitative estimate of drug-likeness (QED) is 0.652. The Labute approximate surface area is 199 Å². The zero-order chi connectivity index (χ0) is 24.2. The predicted molar refractivity (Wildman–Crippen MR) is 128 cm³/mol. The highest BCUT2D eigenvalue weighted by Gasteiger charge is 2.32. The second kappa shape index (κ2) is 10.3. The molecule has 2 aromatic carbocycles. The molecule has 1 unspecified atom stereocenters. The summed E-state index contributed by atoms with van der Waals surface area (Å²) < 4.78 is 5.59. The van der Waals surface area contributed by atoms with E-state index in [0.29, 0.717) is 32.6 Å². The summed E-state index contributed by atoms with van der Waals surface area (Å²) in [6.07, 6.45) is -0.172. The van der Waals surface area contributed by atoms with Gasteiger partial charge in [-0.2, -0.15) is 0 Å². The van der Waals surface area contributed by atoms with Gasteiger partial charge in [0.05, 0.1) is 0 Å². The van der Waals surface area contributed by atoms with Crippen LogP contribution in [0.4, 0.5) is 4.79 Å². The molecular formula is C26H31N3O5. The number of alkyl carbamates (subject to hydrolysis) is 1. The van der Waals surface area contributed by atoms with Crippen LogP contribution in [0.5, 0.6) is 0 Å². The lowest BCUT2D eigenvalue weighted by Gasteiger charge is -2.37. The van der Waals surface area contributed by atoms with Gasteiger partial charge in [-0.25, -0.2) is 4.79 Å². The SMILES string of the molecule is CC[C@@H](NC(=O)OCC1c2ccccc2-c2ccccc21)C(=O)N1CCN(C(C)C(=O)O)CC1. The molecule has 0 spiro atoms. The summed E-state index contributed by atoms with van der Waals surface area (Å²) in [6, 6.07) is 15.0. The van der Waals surface area contributed by atoms with Crippen molar-refractivity contribution in [3.8, 4) is 11.1 Å². The van der Waals surface area contributed by atoms with Gasteiger partial charge in [-0.15, -0.1) is 0 Å². The first-order chi connectivity index (χ1) is 16.4. The van der Waals surface area contributed by atoms with E-state index in [1.807, 2.05) is 36.1 Å². The minimum Gasteiger partial charge on any atom is -0.480 e. The molecule has 0 saturated carbocycles. The lowest BCUT2D eigenvalue weighted by molar-refractivity contribution is -0.144. The van der Waals surface area contributed by atoms with Crippen LogP contribution in [0.1, 0.15) is 37.3 Å². The number of rotatable bonds is 7. The van der Waals surface area contributed by atoms with Gasteiger partial charge in [0.2, 0.25) is 5.91 Å². The van der Waals surface area contributed by atoms with Crippen molar-refractivity contribution in [2.24, 2.45) is 0 Å². The van der Waals surface area contributed by atoms with Crippen LogP contribution in [0.15, 0.2) is 48.5 Å². The summed E-state index contributed by atoms with van der Waals surface area (Å²) in [6.45, 7) is 5.51. The summed E-state index contributed by atoms with van der Waals surface area (Å²) in [5.74, 6) is -1.08. The molecule has 1 saturated heterocycles. The molecule has 1 heterocycles. The van der Waals surface area contributed by atoms with E-state index in [1.54, 1.807) is 11.8 Å². The Kier molecular flexibility index (Phi) is 7.17. The zero-order valence-corrected chi connectivity index (χ0v) is 19.6. The molecule has 1 fully saturated rings. The number of carbonyl (C=O) groups excluding carboxylic acids is 2. The number of ether oxygens (including phenoxy) is 1. The maximum Gasteiger partial charge on any atom is 0.407 e. The van der Waals surface area contributed by atoms with Gasteiger partial charge in [0.25, 0.3) is 0 Å². The molecule has 180 valence electrons. The highest BCUT2D eigenvalue weighted by Crippen LogP contribution is 2.44. The van der Waals surface area contributed by atoms with E-state index in [9.17, 15) is 19.5 Å². The Hall–Kier alpha value is -3.39. The van der Waals surface area contributed by atoms with E-state index in [0.717, 1.165) is 22.3 Å². The number of carboxylic acid groups (broad SMARTS) is 1. The molecular weight excluding hydrogens is 434 g/mol. The van der Waals surface area contributed by atoms with Gasteiger partial charge in [-0.1, -0.05) is 55.5 Å². The standard InChI is InChI=1S/C26H31N3O5/c1-3-23(24(30)29-14-12-28(13-15-29)17(2)25(31)32)27-26(33)34-16-22-20-10-6-4-8-18(20)19-9-5-7-11-21(19)22/h4-11,17,22-23H,3,12-16H2,1-2H3,(H,27,33)(H,31,32)/t17?,23-/m1/s1. The van der Waals surface area contributed by atoms with Crippen LogP contribution in [0, 0.1) is 0 Å². The van der Waals surface area contributed by atoms with Gasteiger partial charge >= 0.3 is 12.1 Å². The van der Waals surface area contributed by atoms with Gasteiger partial charge < -0.3 is 20.1 Å². The maximum atomic E-state index is 13.0. The summed E-state index contributed by atoms with van der Waals surface area (Å²) in [5.41, 5.74) is 4.58. The van der Waals surface area contributed by atoms with Crippen molar-refractivity contribution in [2.75, 3.05) is 32.8 Å². The van der Waals surface area contributed by atoms with Crippen molar-refractivity contribution in [3.05, 3.63) is 59.7 Å². The second-order valence-corrected chi connectivity index (χ2v) is 8.81. The summed E-state index contributed by atoms with van der Waals surface area (Å²) >= 11 is 0. The molecule has 1 aliphatic carbocycles. The minimum absolute atomic E-state index is 0.0433. The zero-order valence-electron chi connectivity index (χ0n) is 19.6. The molecule has 1 aliphatic heterocycles. The van der Waals surface area contributed by atoms with E-state index in [4.69, 9.17) is 4.74 Å². The lowest BCUT2D eigenvalue weighted by atomic mass is 9.98. The number of piperazine rings is 1. The van der Waals surface area contributed by atoms with Crippen LogP contribution in [0.2, 0.25) is 0 Å². The van der Waals surface area contributed by atoms with E-state index < -0.39 is 24.1 Å². The van der Waals surface area contributed by atoms with Crippen LogP contribution in [-0.2, 0) is 14.3 Å². The number of aliphatic carboxylic acids is 1. The molecule has 0 bridgehead atoms. The monoisotopic (exact) mass is 465 g/mol. The van der Waals surface area contributed by atoms with Gasteiger partial charge in [-0.05, 0) is 35.6 Å². The van der Waals surface area contributed by atoms with Crippen molar-refractivity contribution in [2.45, 2.75) is 38.3 Å². The Morgan fingerprint density at radius 3 is 2.09 bits per heavy atom. The normalized spacial score (nSPS) is 17.4. The first kappa shape index (κ1) is 23.8. The molecule has 2 aliphatic rings. The summed E-state index contributed by atoms with van der Waals surface area (Å²) in [5, 5.41) is 11.9. The van der Waals surface area contributed by atoms with Crippen molar-refractivity contribution in [1.82, 2.24) is 15.1 Å². The highest BCUT2D eigenvalue weighted by molar-refractivity contribution is 5.86. The van der Waals surface area contributed by atoms with Gasteiger partial charge in [0.1, 0.15) is 18.7 Å². The molecule has 8 heteroatoms. The fraction of sp³-hybridized carbons (Fsp3) is 0.423. The third-order valence-corrected chi connectivity index (χ3v) is 6.87. The number of nitrogens with one attached hydrogen (secondary N) is 1. The third kappa shape index (κ3) is 4.77. The molecule has 0 aromatic heterocycles. The molecule has 2 amide bonds. The Morgan fingerprint density at radius 2 is 1.56 bits per heavy atom. The number of nitrogens with zero attached hydrogens (tertiary/aromatic N) is 2. The van der Waals surface area contributed by atoms with Crippen LogP contribution < -0.4 is 5.32 Å². The number of amides is 2. The summed E-state index contributed by atoms with van der Waals surface area (Å²) in [7, 11) is 0. The number of carbonyl (C=O) groups is 3. The van der Waals surface area contributed by atoms with Crippen LogP contribution >= 0.6 is 0 Å². The molecule has 8 nitrogen and oxygen atoms in total. The lowest BCUT2D eigenvalue weighted by Crippen LogP contribution is -2.57. The van der Waals surface area contributed by atoms with Crippen LogP contribution in [0.3, 0.4) is 0 Å². The van der Waals surface area contributed by atoms with E-state index in [1.165, 1.54) is 0 Å². The predicted octanol–water partition coefficient (Wildman–Crippen LogP) is 2.92. The molecule has 2 N–H and O–H groups in total. The number of benzene rings is 2. The topological polar surface area (TPSA) is 99.2 Å². The van der Waals surface area contributed by atoms with Crippen molar-refractivity contribution in [3.63, 3.8) is 0 Å². The second-order valence-electron chi connectivity index (χ2n) is 8.81. The van der Waals surface area contributed by atoms with Gasteiger partial charge in [0.15, 0.2) is 0 Å². The first-order valence-electron chi connectivity index (χ1n) is 11.8. The summed E-state index contributed by atoms with van der Waals surface area (Å²) in [4.78, 5) is 40.3.